The van der Waals surface area contributed by atoms with E-state index in [0.717, 1.165) is 0 Å². The standard InChI is InChI=1S/C8H13NO3/c1-5(10)8(2)3-6(7(11)12)9-4-8/h6,9H,3-4H2,1-2H3,(H,11,12). The second-order valence-corrected chi connectivity index (χ2v) is 3.59. The number of hydrogen-bond donors (Lipinski definition) is 2. The summed E-state index contributed by atoms with van der Waals surface area (Å²) < 4.78 is 0. The van der Waals surface area contributed by atoms with Crippen LogP contribution in [0.5, 0.6) is 0 Å². The Balaban J connectivity index is 2.67. The first kappa shape index (κ1) is 9.19. The second-order valence-electron chi connectivity index (χ2n) is 3.59. The topological polar surface area (TPSA) is 66.4 Å². The van der Waals surface area contributed by atoms with E-state index in [-0.39, 0.29) is 5.78 Å². The van der Waals surface area contributed by atoms with E-state index in [4.69, 9.17) is 5.11 Å². The van der Waals surface area contributed by atoms with Crippen molar-refractivity contribution in [1.82, 2.24) is 5.32 Å². The fraction of sp³-hybridized carbons (Fsp3) is 0.750. The molecule has 1 rings (SSSR count). The van der Waals surface area contributed by atoms with Crippen LogP contribution in [0.1, 0.15) is 20.3 Å². The van der Waals surface area contributed by atoms with Crippen molar-refractivity contribution in [1.29, 1.82) is 0 Å². The molecule has 4 heteroatoms. The van der Waals surface area contributed by atoms with E-state index in [0.29, 0.717) is 13.0 Å². The Bertz CT molecular complexity index is 226. The van der Waals surface area contributed by atoms with E-state index in [9.17, 15) is 9.59 Å². The van der Waals surface area contributed by atoms with Crippen molar-refractivity contribution >= 4 is 11.8 Å². The summed E-state index contributed by atoms with van der Waals surface area (Å²) in [6, 6.07) is -0.557. The number of carboxylic acid groups (broad SMARTS) is 1. The van der Waals surface area contributed by atoms with Crippen molar-refractivity contribution in [3.63, 3.8) is 0 Å². The highest BCUT2D eigenvalue weighted by Crippen LogP contribution is 2.29. The number of aliphatic carboxylic acids is 1. The van der Waals surface area contributed by atoms with Gasteiger partial charge in [0.1, 0.15) is 11.8 Å². The van der Waals surface area contributed by atoms with Gasteiger partial charge in [0.2, 0.25) is 0 Å². The van der Waals surface area contributed by atoms with E-state index in [2.05, 4.69) is 5.32 Å². The molecule has 0 radical (unpaired) electrons. The molecule has 1 fully saturated rings. The maximum Gasteiger partial charge on any atom is 0.320 e. The number of hydrogen-bond acceptors (Lipinski definition) is 3. The first-order chi connectivity index (χ1) is 5.46. The van der Waals surface area contributed by atoms with Gasteiger partial charge in [0.15, 0.2) is 0 Å². The van der Waals surface area contributed by atoms with Crippen LogP contribution in [-0.4, -0.2) is 29.4 Å². The molecule has 2 atom stereocenters. The minimum Gasteiger partial charge on any atom is -0.480 e. The second kappa shape index (κ2) is 2.86. The van der Waals surface area contributed by atoms with Crippen LogP contribution in [0.25, 0.3) is 0 Å². The van der Waals surface area contributed by atoms with Gasteiger partial charge in [0, 0.05) is 12.0 Å². The molecule has 2 N–H and O–H groups in total. The van der Waals surface area contributed by atoms with Gasteiger partial charge in [-0.05, 0) is 13.3 Å². The number of Topliss-reactive ketones (excluding diaryl/α,β-unsaturated/α-hetero) is 1. The van der Waals surface area contributed by atoms with Crippen LogP contribution in [0.15, 0.2) is 0 Å². The molecule has 0 aromatic heterocycles. The predicted octanol–water partition coefficient (Wildman–Crippen LogP) is 0.0282. The molecule has 12 heavy (non-hydrogen) atoms. The molecule has 0 amide bonds. The summed E-state index contributed by atoms with van der Waals surface area (Å²) in [5.41, 5.74) is -0.483. The lowest BCUT2D eigenvalue weighted by Gasteiger charge is -2.17. The highest BCUT2D eigenvalue weighted by atomic mass is 16.4. The molecular formula is C8H13NO3. The van der Waals surface area contributed by atoms with E-state index in [1.54, 1.807) is 6.92 Å². The van der Waals surface area contributed by atoms with Crippen LogP contribution >= 0.6 is 0 Å². The van der Waals surface area contributed by atoms with Gasteiger partial charge < -0.3 is 10.4 Å². The summed E-state index contributed by atoms with van der Waals surface area (Å²) >= 11 is 0. The molecule has 4 nitrogen and oxygen atoms in total. The van der Waals surface area contributed by atoms with Gasteiger partial charge in [0.25, 0.3) is 0 Å². The zero-order chi connectivity index (χ0) is 9.35. The summed E-state index contributed by atoms with van der Waals surface area (Å²) in [6.07, 6.45) is 0.400. The molecule has 2 unspecified atom stereocenters. The van der Waals surface area contributed by atoms with E-state index < -0.39 is 17.4 Å². The molecule has 0 aliphatic carbocycles. The lowest BCUT2D eigenvalue weighted by Crippen LogP contribution is -2.30. The molecule has 0 bridgehead atoms. The maximum atomic E-state index is 11.1. The van der Waals surface area contributed by atoms with Crippen LogP contribution < -0.4 is 5.32 Å². The summed E-state index contributed by atoms with van der Waals surface area (Å²) in [6.45, 7) is 3.77. The number of nitrogens with one attached hydrogen (secondary N) is 1. The third kappa shape index (κ3) is 1.48. The van der Waals surface area contributed by atoms with Crippen molar-refractivity contribution in [2.45, 2.75) is 26.3 Å². The van der Waals surface area contributed by atoms with Gasteiger partial charge in [-0.2, -0.15) is 0 Å². The number of carboxylic acids is 1. The molecule has 1 saturated heterocycles. The smallest absolute Gasteiger partial charge is 0.320 e. The first-order valence-corrected chi connectivity index (χ1v) is 3.93. The normalized spacial score (nSPS) is 35.0. The molecule has 1 aliphatic heterocycles. The summed E-state index contributed by atoms with van der Waals surface area (Å²) in [4.78, 5) is 21.6. The molecule has 1 aliphatic rings. The molecule has 0 aromatic rings. The van der Waals surface area contributed by atoms with Gasteiger partial charge in [-0.3, -0.25) is 9.59 Å². The monoisotopic (exact) mass is 171 g/mol. The largest absolute Gasteiger partial charge is 0.480 e. The zero-order valence-corrected chi connectivity index (χ0v) is 7.26. The van der Waals surface area contributed by atoms with E-state index in [1.807, 2.05) is 0 Å². The van der Waals surface area contributed by atoms with E-state index in [1.165, 1.54) is 6.92 Å². The maximum absolute atomic E-state index is 11.1. The van der Waals surface area contributed by atoms with Crippen molar-refractivity contribution in [2.75, 3.05) is 6.54 Å². The van der Waals surface area contributed by atoms with Gasteiger partial charge in [-0.15, -0.1) is 0 Å². The van der Waals surface area contributed by atoms with Crippen LogP contribution in [0, 0.1) is 5.41 Å². The van der Waals surface area contributed by atoms with Crippen molar-refractivity contribution < 1.29 is 14.7 Å². The van der Waals surface area contributed by atoms with Crippen LogP contribution in [0.3, 0.4) is 0 Å². The summed E-state index contributed by atoms with van der Waals surface area (Å²) in [5.74, 6) is -0.821. The lowest BCUT2D eigenvalue weighted by molar-refractivity contribution is -0.139. The van der Waals surface area contributed by atoms with Crippen LogP contribution in [-0.2, 0) is 9.59 Å². The number of rotatable bonds is 2. The fourth-order valence-electron chi connectivity index (χ4n) is 1.39. The lowest BCUT2D eigenvalue weighted by atomic mass is 9.84. The molecule has 0 spiro atoms. The SMILES string of the molecule is CC(=O)C1(C)CNC(C(=O)O)C1. The highest BCUT2D eigenvalue weighted by molar-refractivity contribution is 5.85. The minimum absolute atomic E-state index is 0.0544. The molecule has 68 valence electrons. The van der Waals surface area contributed by atoms with Gasteiger partial charge in [-0.25, -0.2) is 0 Å². The molecule has 0 aromatic carbocycles. The molecular weight excluding hydrogens is 158 g/mol. The Hall–Kier alpha value is -0.900. The average Bonchev–Trinajstić information content (AvgIpc) is 2.33. The quantitative estimate of drug-likeness (QED) is 0.615. The Morgan fingerprint density at radius 2 is 2.17 bits per heavy atom. The average molecular weight is 171 g/mol. The summed E-state index contributed by atoms with van der Waals surface area (Å²) in [5, 5.41) is 11.5. The minimum atomic E-state index is -0.875. The number of ketones is 1. The third-order valence-corrected chi connectivity index (χ3v) is 2.54. The number of carbonyl (C=O) groups is 2. The highest BCUT2D eigenvalue weighted by Gasteiger charge is 2.41. The Morgan fingerprint density at radius 1 is 1.58 bits per heavy atom. The Labute approximate surface area is 71.0 Å². The van der Waals surface area contributed by atoms with Crippen molar-refractivity contribution in [3.8, 4) is 0 Å². The molecule has 1 heterocycles. The van der Waals surface area contributed by atoms with Gasteiger partial charge in [-0.1, -0.05) is 6.92 Å². The summed E-state index contributed by atoms with van der Waals surface area (Å²) in [7, 11) is 0. The van der Waals surface area contributed by atoms with Crippen LogP contribution in [0.2, 0.25) is 0 Å². The first-order valence-electron chi connectivity index (χ1n) is 3.93. The van der Waals surface area contributed by atoms with Crippen LogP contribution in [0.4, 0.5) is 0 Å². The predicted molar refractivity (Wildman–Crippen MR) is 42.8 cm³/mol. The fourth-order valence-corrected chi connectivity index (χ4v) is 1.39. The zero-order valence-electron chi connectivity index (χ0n) is 7.26. The number of carbonyl (C=O) groups excluding carboxylic acids is 1. The Morgan fingerprint density at radius 3 is 2.42 bits per heavy atom. The molecule has 0 saturated carbocycles. The third-order valence-electron chi connectivity index (χ3n) is 2.54. The van der Waals surface area contributed by atoms with Crippen molar-refractivity contribution in [3.05, 3.63) is 0 Å². The van der Waals surface area contributed by atoms with Gasteiger partial charge in [0.05, 0.1) is 0 Å². The Kier molecular flexibility index (Phi) is 2.19. The van der Waals surface area contributed by atoms with Crippen molar-refractivity contribution in [2.24, 2.45) is 5.41 Å². The van der Waals surface area contributed by atoms with Gasteiger partial charge >= 0.3 is 5.97 Å². The van der Waals surface area contributed by atoms with E-state index >= 15 is 0 Å².